The van der Waals surface area contributed by atoms with Gasteiger partial charge in [-0.05, 0) is 5.56 Å². The van der Waals surface area contributed by atoms with Crippen molar-refractivity contribution in [2.45, 2.75) is 24.1 Å². The van der Waals surface area contributed by atoms with Crippen LogP contribution < -0.4 is 0 Å². The van der Waals surface area contributed by atoms with Gasteiger partial charge in [0.2, 0.25) is 0 Å². The van der Waals surface area contributed by atoms with Crippen LogP contribution in [0.5, 0.6) is 0 Å². The third kappa shape index (κ3) is 1.81. The molecule has 0 unspecified atom stereocenters. The van der Waals surface area contributed by atoms with Gasteiger partial charge < -0.3 is 14.6 Å². The van der Waals surface area contributed by atoms with Crippen LogP contribution in [0.4, 0.5) is 0 Å². The molecule has 2 bridgehead atoms. The van der Waals surface area contributed by atoms with E-state index in [1.807, 2.05) is 48.5 Å². The minimum atomic E-state index is -1.31. The lowest BCUT2D eigenvalue weighted by Gasteiger charge is -2.31. The first kappa shape index (κ1) is 13.5. The Hall–Kier alpha value is -1.94. The smallest absolute Gasteiger partial charge is 0.199 e. The Bertz CT molecular complexity index is 742. The van der Waals surface area contributed by atoms with E-state index in [0.717, 1.165) is 11.1 Å². The number of hydrogen-bond donors (Lipinski definition) is 1. The van der Waals surface area contributed by atoms with Gasteiger partial charge in [-0.3, -0.25) is 0 Å². The molecular formula is C20H18O3. The average Bonchev–Trinajstić information content (AvgIpc) is 3.30. The molecule has 0 spiro atoms. The first-order valence-corrected chi connectivity index (χ1v) is 8.12. The second kappa shape index (κ2) is 4.78. The van der Waals surface area contributed by atoms with Crippen molar-refractivity contribution in [1.29, 1.82) is 0 Å². The van der Waals surface area contributed by atoms with E-state index in [4.69, 9.17) is 9.47 Å². The zero-order valence-electron chi connectivity index (χ0n) is 12.6. The summed E-state index contributed by atoms with van der Waals surface area (Å²) in [7, 11) is 0. The molecule has 3 heterocycles. The Balaban J connectivity index is 1.63. The van der Waals surface area contributed by atoms with Gasteiger partial charge >= 0.3 is 0 Å². The molecule has 116 valence electrons. The van der Waals surface area contributed by atoms with Crippen molar-refractivity contribution in [3.05, 3.63) is 83.9 Å². The first-order valence-electron chi connectivity index (χ1n) is 8.12. The highest BCUT2D eigenvalue weighted by Crippen LogP contribution is 2.60. The van der Waals surface area contributed by atoms with Crippen LogP contribution in [0, 0.1) is 11.8 Å². The lowest BCUT2D eigenvalue weighted by atomic mass is 9.75. The lowest BCUT2D eigenvalue weighted by molar-refractivity contribution is -0.234. The molecule has 3 aliphatic heterocycles. The molecule has 1 N–H and O–H groups in total. The Labute approximate surface area is 135 Å². The predicted molar refractivity (Wildman–Crippen MR) is 85.4 cm³/mol. The molecule has 2 aromatic rings. The molecule has 2 aromatic carbocycles. The van der Waals surface area contributed by atoms with Gasteiger partial charge in [0, 0.05) is 11.5 Å². The van der Waals surface area contributed by atoms with Crippen LogP contribution in [-0.2, 0) is 15.3 Å². The van der Waals surface area contributed by atoms with E-state index in [1.54, 1.807) is 0 Å². The van der Waals surface area contributed by atoms with Crippen LogP contribution in [-0.4, -0.2) is 17.3 Å². The van der Waals surface area contributed by atoms with Crippen LogP contribution in [0.2, 0.25) is 0 Å². The van der Waals surface area contributed by atoms with Gasteiger partial charge in [-0.25, -0.2) is 0 Å². The normalized spacial score (nSPS) is 40.5. The van der Waals surface area contributed by atoms with Gasteiger partial charge in [0.15, 0.2) is 5.79 Å². The van der Waals surface area contributed by atoms with Gasteiger partial charge in [0.25, 0.3) is 0 Å². The van der Waals surface area contributed by atoms with Crippen molar-refractivity contribution >= 4 is 0 Å². The molecule has 3 heteroatoms. The van der Waals surface area contributed by atoms with Crippen molar-refractivity contribution in [3.63, 3.8) is 0 Å². The maximum Gasteiger partial charge on any atom is 0.199 e. The van der Waals surface area contributed by atoms with Crippen LogP contribution in [0.25, 0.3) is 0 Å². The molecule has 5 rings (SSSR count). The van der Waals surface area contributed by atoms with E-state index in [0.29, 0.717) is 0 Å². The maximum atomic E-state index is 11.5. The van der Waals surface area contributed by atoms with E-state index >= 15 is 0 Å². The fraction of sp³-hybridized carbons (Fsp3) is 0.300. The van der Waals surface area contributed by atoms with Gasteiger partial charge in [-0.1, -0.05) is 72.8 Å². The number of aliphatic hydroxyl groups is 1. The van der Waals surface area contributed by atoms with Gasteiger partial charge in [-0.2, -0.15) is 0 Å². The average molecular weight is 306 g/mol. The van der Waals surface area contributed by atoms with Crippen LogP contribution in [0.3, 0.4) is 0 Å². The third-order valence-electron chi connectivity index (χ3n) is 5.38. The van der Waals surface area contributed by atoms with E-state index in [1.165, 1.54) is 0 Å². The molecule has 2 fully saturated rings. The van der Waals surface area contributed by atoms with Gasteiger partial charge in [0.05, 0.1) is 24.2 Å². The summed E-state index contributed by atoms with van der Waals surface area (Å²) >= 11 is 0. The highest BCUT2D eigenvalue weighted by Gasteiger charge is 2.65. The second-order valence-electron chi connectivity index (χ2n) is 6.56. The van der Waals surface area contributed by atoms with Crippen LogP contribution >= 0.6 is 0 Å². The van der Waals surface area contributed by atoms with Crippen LogP contribution in [0.15, 0.2) is 72.8 Å². The molecule has 3 aliphatic rings. The molecule has 0 amide bonds. The van der Waals surface area contributed by atoms with Crippen molar-refractivity contribution < 1.29 is 14.6 Å². The molecule has 6 atom stereocenters. The Morgan fingerprint density at radius 2 is 1.48 bits per heavy atom. The number of hydrogen-bond acceptors (Lipinski definition) is 3. The molecule has 0 aliphatic carbocycles. The fourth-order valence-electron chi connectivity index (χ4n) is 4.40. The summed E-state index contributed by atoms with van der Waals surface area (Å²) in [6.07, 6.45) is 3.96. The molecule has 2 saturated heterocycles. The molecule has 0 saturated carbocycles. The predicted octanol–water partition coefficient (Wildman–Crippen LogP) is 3.17. The van der Waals surface area contributed by atoms with Crippen molar-refractivity contribution in [3.8, 4) is 0 Å². The number of rotatable bonds is 2. The van der Waals surface area contributed by atoms with Crippen LogP contribution in [0.1, 0.15) is 17.2 Å². The molecule has 23 heavy (non-hydrogen) atoms. The largest absolute Gasteiger partial charge is 0.366 e. The van der Waals surface area contributed by atoms with Crippen molar-refractivity contribution in [2.24, 2.45) is 11.8 Å². The summed E-state index contributed by atoms with van der Waals surface area (Å²) in [6.45, 7) is 0. The zero-order chi connectivity index (χ0) is 15.4. The Morgan fingerprint density at radius 1 is 0.826 bits per heavy atom. The number of benzene rings is 2. The minimum Gasteiger partial charge on any atom is -0.366 e. The summed E-state index contributed by atoms with van der Waals surface area (Å²) in [5.41, 5.74) is 1.90. The third-order valence-corrected chi connectivity index (χ3v) is 5.38. The zero-order valence-corrected chi connectivity index (χ0v) is 12.6. The Morgan fingerprint density at radius 3 is 2.22 bits per heavy atom. The van der Waals surface area contributed by atoms with Crippen molar-refractivity contribution in [2.75, 3.05) is 0 Å². The molecular weight excluding hydrogens is 288 g/mol. The van der Waals surface area contributed by atoms with E-state index in [2.05, 4.69) is 24.3 Å². The summed E-state index contributed by atoms with van der Waals surface area (Å²) < 4.78 is 12.4. The summed E-state index contributed by atoms with van der Waals surface area (Å²) in [4.78, 5) is 0. The molecule has 0 radical (unpaired) electrons. The quantitative estimate of drug-likeness (QED) is 0.866. The second-order valence-corrected chi connectivity index (χ2v) is 6.56. The van der Waals surface area contributed by atoms with Crippen molar-refractivity contribution in [1.82, 2.24) is 0 Å². The fourth-order valence-corrected chi connectivity index (χ4v) is 4.40. The van der Waals surface area contributed by atoms with Gasteiger partial charge in [-0.15, -0.1) is 0 Å². The van der Waals surface area contributed by atoms with E-state index in [9.17, 15) is 5.11 Å². The van der Waals surface area contributed by atoms with E-state index < -0.39 is 5.79 Å². The Kier molecular flexibility index (Phi) is 2.80. The number of fused-ring (bicyclic) bond motifs is 5. The summed E-state index contributed by atoms with van der Waals surface area (Å²) in [6, 6.07) is 19.8. The monoisotopic (exact) mass is 306 g/mol. The molecule has 3 nitrogen and oxygen atoms in total. The first-order chi connectivity index (χ1) is 11.3. The summed E-state index contributed by atoms with van der Waals surface area (Å²) in [5.74, 6) is -1.25. The highest BCUT2D eigenvalue weighted by molar-refractivity contribution is 5.32. The van der Waals surface area contributed by atoms with Gasteiger partial charge in [0.1, 0.15) is 0 Å². The van der Waals surface area contributed by atoms with E-state index in [-0.39, 0.29) is 30.1 Å². The summed E-state index contributed by atoms with van der Waals surface area (Å²) in [5, 5.41) is 11.5. The lowest BCUT2D eigenvalue weighted by Crippen LogP contribution is -2.38. The number of ether oxygens (including phenoxy) is 2. The topological polar surface area (TPSA) is 38.7 Å². The highest BCUT2D eigenvalue weighted by atomic mass is 16.6. The standard InChI is InChI=1S/C20H18O3/c21-20(14-9-5-2-6-10-14)18-16-12-11-15(22-16)17(18)19(23-20)13-7-3-1-4-8-13/h1-12,15-19,21H/t15-,16+,17-,18+,19-,20-/m1/s1. The minimum absolute atomic E-state index is 0.0212. The maximum absolute atomic E-state index is 11.5. The SMILES string of the molecule is O[C@]1(c2ccccc2)O[C@H](c2ccccc2)[C@H]2[C@@H]1[C@@H]1C=C[C@H]2O1. The molecule has 0 aromatic heterocycles.